The van der Waals surface area contributed by atoms with Crippen LogP contribution in [-0.2, 0) is 6.42 Å². The highest BCUT2D eigenvalue weighted by atomic mass is 35.5. The molecule has 4 heteroatoms. The summed E-state index contributed by atoms with van der Waals surface area (Å²) in [7, 11) is 0. The molecule has 1 aliphatic rings. The number of aromatic nitrogens is 1. The third-order valence-electron chi connectivity index (χ3n) is 4.02. The highest BCUT2D eigenvalue weighted by Gasteiger charge is 2.18. The predicted octanol–water partition coefficient (Wildman–Crippen LogP) is 3.10. The lowest BCUT2D eigenvalue weighted by molar-refractivity contribution is 0.261. The van der Waals surface area contributed by atoms with Crippen LogP contribution in [0.1, 0.15) is 5.56 Å². The molecule has 0 saturated carbocycles. The SMILES string of the molecule is Clc1cnccc1N1CCN(CCc2ccccc2)CC1. The van der Waals surface area contributed by atoms with Gasteiger partial charge in [0.25, 0.3) is 0 Å². The largest absolute Gasteiger partial charge is 0.368 e. The molecule has 0 amide bonds. The first-order valence-electron chi connectivity index (χ1n) is 7.44. The Morgan fingerprint density at radius 3 is 2.48 bits per heavy atom. The first-order valence-corrected chi connectivity index (χ1v) is 7.81. The second-order valence-electron chi connectivity index (χ2n) is 5.39. The van der Waals surface area contributed by atoms with Crippen molar-refractivity contribution in [2.24, 2.45) is 0 Å². The maximum absolute atomic E-state index is 6.22. The van der Waals surface area contributed by atoms with Gasteiger partial charge in [-0.15, -0.1) is 0 Å². The van der Waals surface area contributed by atoms with E-state index in [2.05, 4.69) is 45.1 Å². The Morgan fingerprint density at radius 2 is 1.76 bits per heavy atom. The van der Waals surface area contributed by atoms with E-state index in [9.17, 15) is 0 Å². The molecule has 0 aliphatic carbocycles. The van der Waals surface area contributed by atoms with Gasteiger partial charge in [-0.25, -0.2) is 0 Å². The number of halogens is 1. The van der Waals surface area contributed by atoms with Crippen LogP contribution >= 0.6 is 11.6 Å². The molecule has 0 bridgehead atoms. The summed E-state index contributed by atoms with van der Waals surface area (Å²) >= 11 is 6.22. The molecule has 0 atom stereocenters. The van der Waals surface area contributed by atoms with E-state index >= 15 is 0 Å². The Balaban J connectivity index is 1.50. The summed E-state index contributed by atoms with van der Waals surface area (Å²) in [6.07, 6.45) is 4.65. The van der Waals surface area contributed by atoms with Crippen LogP contribution in [0.4, 0.5) is 5.69 Å². The average molecular weight is 302 g/mol. The zero-order valence-corrected chi connectivity index (χ0v) is 12.8. The Morgan fingerprint density at radius 1 is 1.00 bits per heavy atom. The zero-order valence-electron chi connectivity index (χ0n) is 12.1. The first kappa shape index (κ1) is 14.4. The molecule has 0 radical (unpaired) electrons. The number of rotatable bonds is 4. The molecule has 1 aromatic heterocycles. The normalized spacial score (nSPS) is 16.1. The van der Waals surface area contributed by atoms with E-state index in [-0.39, 0.29) is 0 Å². The van der Waals surface area contributed by atoms with Crippen molar-refractivity contribution in [3.8, 4) is 0 Å². The van der Waals surface area contributed by atoms with E-state index in [1.165, 1.54) is 5.56 Å². The monoisotopic (exact) mass is 301 g/mol. The third-order valence-corrected chi connectivity index (χ3v) is 4.31. The van der Waals surface area contributed by atoms with Gasteiger partial charge in [-0.1, -0.05) is 41.9 Å². The van der Waals surface area contributed by atoms with E-state index in [0.29, 0.717) is 0 Å². The van der Waals surface area contributed by atoms with Gasteiger partial charge in [-0.3, -0.25) is 9.88 Å². The van der Waals surface area contributed by atoms with Crippen molar-refractivity contribution in [1.82, 2.24) is 9.88 Å². The van der Waals surface area contributed by atoms with Gasteiger partial charge < -0.3 is 4.90 Å². The molecule has 0 unspecified atom stereocenters. The minimum Gasteiger partial charge on any atom is -0.368 e. The number of pyridine rings is 1. The quantitative estimate of drug-likeness (QED) is 0.865. The van der Waals surface area contributed by atoms with Crippen LogP contribution < -0.4 is 4.90 Å². The minimum absolute atomic E-state index is 0.746. The van der Waals surface area contributed by atoms with Crippen molar-refractivity contribution in [3.05, 3.63) is 59.4 Å². The lowest BCUT2D eigenvalue weighted by Gasteiger charge is -2.36. The molecule has 21 heavy (non-hydrogen) atoms. The van der Waals surface area contributed by atoms with Crippen molar-refractivity contribution in [1.29, 1.82) is 0 Å². The second-order valence-corrected chi connectivity index (χ2v) is 5.80. The standard InChI is InChI=1S/C17H20ClN3/c18-16-14-19-8-6-17(16)21-12-10-20(11-13-21)9-7-15-4-2-1-3-5-15/h1-6,8,14H,7,9-13H2. The predicted molar refractivity (Wildman–Crippen MR) is 88.0 cm³/mol. The molecular formula is C17H20ClN3. The van der Waals surface area contributed by atoms with Crippen LogP contribution in [0, 0.1) is 0 Å². The summed E-state index contributed by atoms with van der Waals surface area (Å²) in [6, 6.07) is 12.7. The highest BCUT2D eigenvalue weighted by Crippen LogP contribution is 2.25. The van der Waals surface area contributed by atoms with Gasteiger partial charge in [-0.05, 0) is 18.1 Å². The number of anilines is 1. The van der Waals surface area contributed by atoms with E-state index in [0.717, 1.165) is 49.9 Å². The fraction of sp³-hybridized carbons (Fsp3) is 0.353. The Kier molecular flexibility index (Phi) is 4.73. The molecule has 2 heterocycles. The lowest BCUT2D eigenvalue weighted by atomic mass is 10.1. The number of nitrogens with zero attached hydrogens (tertiary/aromatic N) is 3. The molecule has 3 rings (SSSR count). The van der Waals surface area contributed by atoms with Gasteiger partial charge >= 0.3 is 0 Å². The maximum atomic E-state index is 6.22. The van der Waals surface area contributed by atoms with Crippen LogP contribution in [-0.4, -0.2) is 42.6 Å². The summed E-state index contributed by atoms with van der Waals surface area (Å²) in [6.45, 7) is 5.36. The van der Waals surface area contributed by atoms with Crippen LogP contribution in [0.25, 0.3) is 0 Å². The van der Waals surface area contributed by atoms with Crippen LogP contribution in [0.15, 0.2) is 48.8 Å². The van der Waals surface area contributed by atoms with Crippen LogP contribution in [0.2, 0.25) is 5.02 Å². The Hall–Kier alpha value is -1.58. The van der Waals surface area contributed by atoms with E-state index in [1.807, 2.05) is 12.3 Å². The summed E-state index contributed by atoms with van der Waals surface area (Å²) < 4.78 is 0. The molecule has 3 nitrogen and oxygen atoms in total. The molecule has 0 spiro atoms. The fourth-order valence-corrected chi connectivity index (χ4v) is 3.01. The first-order chi connectivity index (χ1) is 10.3. The number of piperazine rings is 1. The molecule has 1 aromatic carbocycles. The second kappa shape index (κ2) is 6.92. The van der Waals surface area contributed by atoms with Gasteiger partial charge in [0.05, 0.1) is 10.7 Å². The minimum atomic E-state index is 0.746. The molecule has 2 aromatic rings. The number of benzene rings is 1. The van der Waals surface area contributed by atoms with Crippen LogP contribution in [0.3, 0.4) is 0 Å². The molecular weight excluding hydrogens is 282 g/mol. The number of hydrogen-bond acceptors (Lipinski definition) is 3. The van der Waals surface area contributed by atoms with Crippen molar-refractivity contribution >= 4 is 17.3 Å². The maximum Gasteiger partial charge on any atom is 0.0822 e. The Labute approximate surface area is 131 Å². The summed E-state index contributed by atoms with van der Waals surface area (Å²) in [5, 5.41) is 0.746. The highest BCUT2D eigenvalue weighted by molar-refractivity contribution is 6.33. The molecule has 1 fully saturated rings. The number of hydrogen-bond donors (Lipinski definition) is 0. The summed E-state index contributed by atoms with van der Waals surface area (Å²) in [5.74, 6) is 0. The topological polar surface area (TPSA) is 19.4 Å². The Bertz CT molecular complexity index is 565. The van der Waals surface area contributed by atoms with Gasteiger partial charge in [0.1, 0.15) is 0 Å². The summed E-state index contributed by atoms with van der Waals surface area (Å²) in [5.41, 5.74) is 2.52. The van der Waals surface area contributed by atoms with Gasteiger partial charge in [-0.2, -0.15) is 0 Å². The van der Waals surface area contributed by atoms with E-state index in [1.54, 1.807) is 6.20 Å². The molecule has 1 aliphatic heterocycles. The van der Waals surface area contributed by atoms with Gasteiger partial charge in [0, 0.05) is 45.1 Å². The van der Waals surface area contributed by atoms with E-state index < -0.39 is 0 Å². The van der Waals surface area contributed by atoms with Crippen LogP contribution in [0.5, 0.6) is 0 Å². The summed E-state index contributed by atoms with van der Waals surface area (Å²) in [4.78, 5) is 8.93. The van der Waals surface area contributed by atoms with Gasteiger partial charge in [0.2, 0.25) is 0 Å². The van der Waals surface area contributed by atoms with Crippen molar-refractivity contribution in [2.75, 3.05) is 37.6 Å². The molecule has 1 saturated heterocycles. The molecule has 110 valence electrons. The molecule has 0 N–H and O–H groups in total. The van der Waals surface area contributed by atoms with Crippen molar-refractivity contribution < 1.29 is 0 Å². The zero-order chi connectivity index (χ0) is 14.5. The smallest absolute Gasteiger partial charge is 0.0822 e. The van der Waals surface area contributed by atoms with Gasteiger partial charge in [0.15, 0.2) is 0 Å². The third kappa shape index (κ3) is 3.74. The van der Waals surface area contributed by atoms with Crippen molar-refractivity contribution in [3.63, 3.8) is 0 Å². The lowest BCUT2D eigenvalue weighted by Crippen LogP contribution is -2.47. The van der Waals surface area contributed by atoms with Crippen molar-refractivity contribution in [2.45, 2.75) is 6.42 Å². The van der Waals surface area contributed by atoms with E-state index in [4.69, 9.17) is 11.6 Å². The fourth-order valence-electron chi connectivity index (χ4n) is 2.77. The average Bonchev–Trinajstić information content (AvgIpc) is 2.55.